The Bertz CT molecular complexity index is 350. The maximum absolute atomic E-state index is 5.52. The molecule has 10 heavy (non-hydrogen) atoms. The molecule has 0 fully saturated rings. The molecule has 0 amide bonds. The minimum atomic E-state index is 0.880. The molecule has 1 heterocycles. The third-order valence-corrected chi connectivity index (χ3v) is 1.42. The van der Waals surface area contributed by atoms with Crippen molar-refractivity contribution in [1.82, 2.24) is 9.66 Å². The fourth-order valence-corrected chi connectivity index (χ4v) is 0.922. The van der Waals surface area contributed by atoms with E-state index in [9.17, 15) is 0 Å². The number of rotatable bonds is 0. The van der Waals surface area contributed by atoms with Gasteiger partial charge in [0.1, 0.15) is 6.33 Å². The van der Waals surface area contributed by atoms with Crippen molar-refractivity contribution in [1.29, 1.82) is 0 Å². The summed E-state index contributed by atoms with van der Waals surface area (Å²) >= 11 is 0. The Morgan fingerprint density at radius 1 is 1.60 bits per heavy atom. The van der Waals surface area contributed by atoms with E-state index in [1.165, 1.54) is 4.68 Å². The van der Waals surface area contributed by atoms with Gasteiger partial charge >= 0.3 is 0 Å². The van der Waals surface area contributed by atoms with Crippen LogP contribution in [0.4, 0.5) is 0 Å². The van der Waals surface area contributed by atoms with Crippen LogP contribution < -0.4 is 5.84 Å². The molecule has 0 bridgehead atoms. The molecular weight excluding hydrogens is 126 g/mol. The van der Waals surface area contributed by atoms with Gasteiger partial charge in [-0.1, -0.05) is 6.07 Å². The van der Waals surface area contributed by atoms with E-state index in [2.05, 4.69) is 11.1 Å². The number of benzene rings is 1. The SMILES string of the molecule is Nn1cnc2c[c]ccc21. The summed E-state index contributed by atoms with van der Waals surface area (Å²) in [4.78, 5) is 4.02. The molecule has 0 aliphatic heterocycles. The normalized spacial score (nSPS) is 10.4. The van der Waals surface area contributed by atoms with Crippen LogP contribution in [0.1, 0.15) is 0 Å². The van der Waals surface area contributed by atoms with Crippen molar-refractivity contribution >= 4 is 11.0 Å². The zero-order chi connectivity index (χ0) is 6.97. The molecule has 0 unspecified atom stereocenters. The van der Waals surface area contributed by atoms with Crippen molar-refractivity contribution in [2.24, 2.45) is 0 Å². The lowest BCUT2D eigenvalue weighted by Gasteiger charge is -1.90. The van der Waals surface area contributed by atoms with Crippen molar-refractivity contribution in [2.75, 3.05) is 5.84 Å². The van der Waals surface area contributed by atoms with Gasteiger partial charge in [-0.15, -0.1) is 0 Å². The average molecular weight is 132 g/mol. The molecule has 2 N–H and O–H groups in total. The summed E-state index contributed by atoms with van der Waals surface area (Å²) in [6, 6.07) is 8.41. The lowest BCUT2D eigenvalue weighted by atomic mass is 10.3. The number of nitrogen functional groups attached to an aromatic ring is 1. The van der Waals surface area contributed by atoms with Gasteiger partial charge in [0.15, 0.2) is 0 Å². The van der Waals surface area contributed by atoms with Crippen LogP contribution in [0.5, 0.6) is 0 Å². The topological polar surface area (TPSA) is 43.8 Å². The minimum absolute atomic E-state index is 0.880. The molecular formula is C7H6N3. The highest BCUT2D eigenvalue weighted by Gasteiger charge is 1.94. The minimum Gasteiger partial charge on any atom is -0.338 e. The molecule has 1 aromatic carbocycles. The van der Waals surface area contributed by atoms with Gasteiger partial charge < -0.3 is 5.84 Å². The third kappa shape index (κ3) is 0.572. The van der Waals surface area contributed by atoms with Crippen molar-refractivity contribution in [3.05, 3.63) is 30.6 Å². The lowest BCUT2D eigenvalue weighted by molar-refractivity contribution is 1.04. The first-order valence-corrected chi connectivity index (χ1v) is 2.96. The third-order valence-electron chi connectivity index (χ3n) is 1.42. The fourth-order valence-electron chi connectivity index (χ4n) is 0.922. The van der Waals surface area contributed by atoms with Crippen molar-refractivity contribution in [3.63, 3.8) is 0 Å². The van der Waals surface area contributed by atoms with E-state index in [0.717, 1.165) is 11.0 Å². The molecule has 0 saturated carbocycles. The lowest BCUT2D eigenvalue weighted by Crippen LogP contribution is -2.04. The highest BCUT2D eigenvalue weighted by molar-refractivity contribution is 5.74. The summed E-state index contributed by atoms with van der Waals surface area (Å²) in [6.07, 6.45) is 1.58. The quantitative estimate of drug-likeness (QED) is 0.532. The summed E-state index contributed by atoms with van der Waals surface area (Å²) in [5.41, 5.74) is 1.81. The van der Waals surface area contributed by atoms with Gasteiger partial charge in [0.05, 0.1) is 11.0 Å². The molecule has 0 aliphatic rings. The second-order valence-electron chi connectivity index (χ2n) is 2.07. The molecule has 49 valence electrons. The Morgan fingerprint density at radius 2 is 2.50 bits per heavy atom. The average Bonchev–Trinajstić information content (AvgIpc) is 2.34. The predicted octanol–water partition coefficient (Wildman–Crippen LogP) is 0.550. The maximum Gasteiger partial charge on any atom is 0.115 e. The summed E-state index contributed by atoms with van der Waals surface area (Å²) in [5, 5.41) is 0. The summed E-state index contributed by atoms with van der Waals surface area (Å²) in [5.74, 6) is 5.52. The number of hydrogen-bond donors (Lipinski definition) is 1. The van der Waals surface area contributed by atoms with Gasteiger partial charge in [-0.05, 0) is 18.2 Å². The van der Waals surface area contributed by atoms with Gasteiger partial charge in [-0.3, -0.25) is 0 Å². The Balaban J connectivity index is 2.93. The molecule has 2 rings (SSSR count). The number of nitrogens with zero attached hydrogens (tertiary/aromatic N) is 2. The van der Waals surface area contributed by atoms with Gasteiger partial charge in [0, 0.05) is 0 Å². The van der Waals surface area contributed by atoms with Gasteiger partial charge in [-0.2, -0.15) is 0 Å². The van der Waals surface area contributed by atoms with E-state index in [1.54, 1.807) is 12.4 Å². The number of nitrogens with two attached hydrogens (primary N) is 1. The number of fused-ring (bicyclic) bond motifs is 1. The first-order valence-electron chi connectivity index (χ1n) is 2.96. The van der Waals surface area contributed by atoms with E-state index in [4.69, 9.17) is 5.84 Å². The first kappa shape index (κ1) is 5.29. The van der Waals surface area contributed by atoms with E-state index in [0.29, 0.717) is 0 Å². The van der Waals surface area contributed by atoms with Gasteiger partial charge in [0.2, 0.25) is 0 Å². The molecule has 1 radical (unpaired) electrons. The van der Waals surface area contributed by atoms with Crippen LogP contribution in [0.15, 0.2) is 24.5 Å². The second-order valence-corrected chi connectivity index (χ2v) is 2.07. The van der Waals surface area contributed by atoms with Gasteiger partial charge in [0.25, 0.3) is 0 Å². The summed E-state index contributed by atoms with van der Waals surface area (Å²) in [6.45, 7) is 0. The van der Waals surface area contributed by atoms with E-state index < -0.39 is 0 Å². The van der Waals surface area contributed by atoms with Crippen LogP contribution in [0.25, 0.3) is 11.0 Å². The molecule has 1 aromatic heterocycles. The highest BCUT2D eigenvalue weighted by Crippen LogP contribution is 2.07. The molecule has 0 spiro atoms. The summed E-state index contributed by atoms with van der Waals surface area (Å²) < 4.78 is 1.49. The molecule has 0 atom stereocenters. The highest BCUT2D eigenvalue weighted by atomic mass is 15.3. The molecule has 2 aromatic rings. The molecule has 0 saturated heterocycles. The molecule has 0 aliphatic carbocycles. The van der Waals surface area contributed by atoms with Crippen LogP contribution in [0.3, 0.4) is 0 Å². The standard InChI is InChI=1S/C7H6N3/c8-10-5-9-6-3-1-2-4-7(6)10/h2-5H,8H2. The van der Waals surface area contributed by atoms with Crippen LogP contribution in [0, 0.1) is 6.07 Å². The van der Waals surface area contributed by atoms with E-state index in [-0.39, 0.29) is 0 Å². The maximum atomic E-state index is 5.52. The van der Waals surface area contributed by atoms with Crippen molar-refractivity contribution < 1.29 is 0 Å². The van der Waals surface area contributed by atoms with Crippen LogP contribution in [0.2, 0.25) is 0 Å². The van der Waals surface area contributed by atoms with Crippen LogP contribution in [-0.4, -0.2) is 9.66 Å². The van der Waals surface area contributed by atoms with Crippen molar-refractivity contribution in [3.8, 4) is 0 Å². The van der Waals surface area contributed by atoms with E-state index >= 15 is 0 Å². The fraction of sp³-hybridized carbons (Fsp3) is 0. The Labute approximate surface area is 58.1 Å². The number of aromatic nitrogens is 2. The number of hydrogen-bond acceptors (Lipinski definition) is 2. The Kier molecular flexibility index (Phi) is 0.917. The largest absolute Gasteiger partial charge is 0.338 e. The molecule has 3 nitrogen and oxygen atoms in total. The first-order chi connectivity index (χ1) is 4.88. The van der Waals surface area contributed by atoms with Crippen LogP contribution in [-0.2, 0) is 0 Å². The zero-order valence-electron chi connectivity index (χ0n) is 5.28. The molecule has 3 heteroatoms. The Hall–Kier alpha value is -1.51. The number of imidazole rings is 1. The predicted molar refractivity (Wildman–Crippen MR) is 38.7 cm³/mol. The monoisotopic (exact) mass is 132 g/mol. The van der Waals surface area contributed by atoms with Gasteiger partial charge in [-0.25, -0.2) is 9.66 Å². The second kappa shape index (κ2) is 1.73. The summed E-state index contributed by atoms with van der Waals surface area (Å²) in [7, 11) is 0. The smallest absolute Gasteiger partial charge is 0.115 e. The van der Waals surface area contributed by atoms with E-state index in [1.807, 2.05) is 12.1 Å². The Morgan fingerprint density at radius 3 is 3.30 bits per heavy atom. The van der Waals surface area contributed by atoms with Crippen molar-refractivity contribution in [2.45, 2.75) is 0 Å². The zero-order valence-corrected chi connectivity index (χ0v) is 5.28. The van der Waals surface area contributed by atoms with Crippen LogP contribution >= 0.6 is 0 Å².